The van der Waals surface area contributed by atoms with Crippen LogP contribution in [0.5, 0.6) is 0 Å². The monoisotopic (exact) mass is 309 g/mol. The Bertz CT molecular complexity index is 508. The highest BCUT2D eigenvalue weighted by Crippen LogP contribution is 2.20. The lowest BCUT2D eigenvalue weighted by molar-refractivity contribution is -0.135. The van der Waals surface area contributed by atoms with E-state index < -0.39 is 5.97 Å². The molecule has 1 N–H and O–H groups in total. The molecule has 18 heavy (non-hydrogen) atoms. The van der Waals surface area contributed by atoms with Gasteiger partial charge in [-0.05, 0) is 36.4 Å². The molecule has 0 bridgehead atoms. The van der Waals surface area contributed by atoms with E-state index in [1.165, 1.54) is 0 Å². The van der Waals surface area contributed by atoms with Gasteiger partial charge >= 0.3 is 5.97 Å². The van der Waals surface area contributed by atoms with Gasteiger partial charge in [-0.3, -0.25) is 4.79 Å². The standard InChI is InChI=1S/C13H12BrNO3/c14-10-3-5-11(6-4-10)15(9-13(16)17)8-12-2-1-7-18-12/h1-7H,8-9H2,(H,16,17). The molecular formula is C13H12BrNO3. The second-order valence-electron chi connectivity index (χ2n) is 3.81. The minimum atomic E-state index is -0.871. The van der Waals surface area contributed by atoms with Crippen molar-refractivity contribution >= 4 is 27.6 Å². The van der Waals surface area contributed by atoms with E-state index in [1.807, 2.05) is 30.3 Å². The zero-order valence-electron chi connectivity index (χ0n) is 9.54. The molecule has 0 unspecified atom stereocenters. The van der Waals surface area contributed by atoms with E-state index in [4.69, 9.17) is 9.52 Å². The van der Waals surface area contributed by atoms with Gasteiger partial charge in [0.1, 0.15) is 12.3 Å². The third kappa shape index (κ3) is 3.37. The maximum atomic E-state index is 10.9. The van der Waals surface area contributed by atoms with E-state index in [2.05, 4.69) is 15.9 Å². The molecule has 0 aliphatic carbocycles. The van der Waals surface area contributed by atoms with Crippen LogP contribution < -0.4 is 4.90 Å². The summed E-state index contributed by atoms with van der Waals surface area (Å²) in [4.78, 5) is 12.6. The van der Waals surface area contributed by atoms with Crippen molar-refractivity contribution in [3.63, 3.8) is 0 Å². The lowest BCUT2D eigenvalue weighted by Gasteiger charge is -2.21. The molecule has 0 amide bonds. The second kappa shape index (κ2) is 5.73. The van der Waals surface area contributed by atoms with Crippen molar-refractivity contribution in [1.82, 2.24) is 0 Å². The third-order valence-corrected chi connectivity index (χ3v) is 2.97. The Labute approximate surface area is 113 Å². The molecule has 0 aliphatic heterocycles. The molecular weight excluding hydrogens is 298 g/mol. The lowest BCUT2D eigenvalue weighted by Crippen LogP contribution is -2.28. The number of carbonyl (C=O) groups is 1. The Balaban J connectivity index is 2.19. The van der Waals surface area contributed by atoms with Gasteiger partial charge in [-0.2, -0.15) is 0 Å². The lowest BCUT2D eigenvalue weighted by atomic mass is 10.2. The summed E-state index contributed by atoms with van der Waals surface area (Å²) < 4.78 is 6.20. The number of halogens is 1. The summed E-state index contributed by atoms with van der Waals surface area (Å²) >= 11 is 3.35. The minimum Gasteiger partial charge on any atom is -0.480 e. The van der Waals surface area contributed by atoms with E-state index in [0.29, 0.717) is 6.54 Å². The fourth-order valence-electron chi connectivity index (χ4n) is 1.64. The van der Waals surface area contributed by atoms with E-state index in [1.54, 1.807) is 17.2 Å². The first-order valence-electron chi connectivity index (χ1n) is 5.40. The number of nitrogens with zero attached hydrogens (tertiary/aromatic N) is 1. The van der Waals surface area contributed by atoms with Crippen molar-refractivity contribution < 1.29 is 14.3 Å². The first-order chi connectivity index (χ1) is 8.65. The van der Waals surface area contributed by atoms with Crippen LogP contribution in [0.4, 0.5) is 5.69 Å². The Morgan fingerprint density at radius 3 is 2.56 bits per heavy atom. The molecule has 94 valence electrons. The molecule has 1 heterocycles. The van der Waals surface area contributed by atoms with Crippen LogP contribution in [-0.2, 0) is 11.3 Å². The molecule has 1 aromatic carbocycles. The minimum absolute atomic E-state index is 0.0671. The molecule has 0 fully saturated rings. The number of carboxylic acids is 1. The molecule has 4 nitrogen and oxygen atoms in total. The number of rotatable bonds is 5. The molecule has 0 saturated carbocycles. The molecule has 0 atom stereocenters. The molecule has 5 heteroatoms. The van der Waals surface area contributed by atoms with E-state index in [-0.39, 0.29) is 6.54 Å². The molecule has 2 rings (SSSR count). The predicted octanol–water partition coefficient (Wildman–Crippen LogP) is 3.13. The second-order valence-corrected chi connectivity index (χ2v) is 4.72. The Kier molecular flexibility index (Phi) is 4.04. The molecule has 0 saturated heterocycles. The Hall–Kier alpha value is -1.75. The zero-order valence-corrected chi connectivity index (χ0v) is 11.1. The van der Waals surface area contributed by atoms with Gasteiger partial charge in [0.2, 0.25) is 0 Å². The van der Waals surface area contributed by atoms with Gasteiger partial charge in [-0.25, -0.2) is 0 Å². The summed E-state index contributed by atoms with van der Waals surface area (Å²) in [7, 11) is 0. The number of hydrogen-bond acceptors (Lipinski definition) is 3. The molecule has 0 spiro atoms. The van der Waals surface area contributed by atoms with Crippen LogP contribution in [0.3, 0.4) is 0 Å². The molecule has 0 radical (unpaired) electrons. The maximum absolute atomic E-state index is 10.9. The van der Waals surface area contributed by atoms with Crippen LogP contribution in [0.2, 0.25) is 0 Å². The maximum Gasteiger partial charge on any atom is 0.323 e. The van der Waals surface area contributed by atoms with Crippen molar-refractivity contribution in [1.29, 1.82) is 0 Å². The quantitative estimate of drug-likeness (QED) is 0.922. The highest BCUT2D eigenvalue weighted by Gasteiger charge is 2.12. The average molecular weight is 310 g/mol. The Morgan fingerprint density at radius 2 is 2.00 bits per heavy atom. The van der Waals surface area contributed by atoms with Gasteiger partial charge in [0, 0.05) is 10.2 Å². The van der Waals surface area contributed by atoms with E-state index >= 15 is 0 Å². The normalized spacial score (nSPS) is 10.3. The van der Waals surface area contributed by atoms with E-state index in [9.17, 15) is 4.79 Å². The number of hydrogen-bond donors (Lipinski definition) is 1. The van der Waals surface area contributed by atoms with Crippen LogP contribution in [0.15, 0.2) is 51.6 Å². The summed E-state index contributed by atoms with van der Waals surface area (Å²) in [5.41, 5.74) is 0.844. The topological polar surface area (TPSA) is 53.7 Å². The molecule has 1 aromatic heterocycles. The van der Waals surface area contributed by atoms with Crippen LogP contribution in [0.25, 0.3) is 0 Å². The average Bonchev–Trinajstić information content (AvgIpc) is 2.81. The fourth-order valence-corrected chi connectivity index (χ4v) is 1.91. The van der Waals surface area contributed by atoms with Crippen molar-refractivity contribution in [2.24, 2.45) is 0 Å². The summed E-state index contributed by atoms with van der Waals surface area (Å²) in [5, 5.41) is 8.95. The largest absolute Gasteiger partial charge is 0.480 e. The van der Waals surface area contributed by atoms with Crippen LogP contribution in [0.1, 0.15) is 5.76 Å². The number of furan rings is 1. The fraction of sp³-hybridized carbons (Fsp3) is 0.154. The molecule has 2 aromatic rings. The highest BCUT2D eigenvalue weighted by molar-refractivity contribution is 9.10. The van der Waals surface area contributed by atoms with Crippen LogP contribution >= 0.6 is 15.9 Å². The number of carboxylic acid groups (broad SMARTS) is 1. The van der Waals surface area contributed by atoms with Crippen LogP contribution in [0, 0.1) is 0 Å². The van der Waals surface area contributed by atoms with Crippen molar-refractivity contribution in [2.45, 2.75) is 6.54 Å². The smallest absolute Gasteiger partial charge is 0.323 e. The van der Waals surface area contributed by atoms with Gasteiger partial charge in [0.05, 0.1) is 12.8 Å². The van der Waals surface area contributed by atoms with E-state index in [0.717, 1.165) is 15.9 Å². The van der Waals surface area contributed by atoms with Crippen LogP contribution in [-0.4, -0.2) is 17.6 Å². The summed E-state index contributed by atoms with van der Waals surface area (Å²) in [5.74, 6) is -0.136. The van der Waals surface area contributed by atoms with Crippen molar-refractivity contribution in [3.05, 3.63) is 52.9 Å². The van der Waals surface area contributed by atoms with Crippen molar-refractivity contribution in [3.8, 4) is 0 Å². The number of anilines is 1. The van der Waals surface area contributed by atoms with Gasteiger partial charge in [0.15, 0.2) is 0 Å². The predicted molar refractivity (Wildman–Crippen MR) is 71.5 cm³/mol. The van der Waals surface area contributed by atoms with Gasteiger partial charge in [-0.1, -0.05) is 15.9 Å². The van der Waals surface area contributed by atoms with Crippen molar-refractivity contribution in [2.75, 3.05) is 11.4 Å². The Morgan fingerprint density at radius 1 is 1.28 bits per heavy atom. The SMILES string of the molecule is O=C(O)CN(Cc1ccco1)c1ccc(Br)cc1. The number of aliphatic carboxylic acids is 1. The summed E-state index contributed by atoms with van der Waals surface area (Å²) in [6.07, 6.45) is 1.58. The first kappa shape index (κ1) is 12.7. The van der Waals surface area contributed by atoms with Gasteiger partial charge < -0.3 is 14.4 Å². The highest BCUT2D eigenvalue weighted by atomic mass is 79.9. The summed E-state index contributed by atoms with van der Waals surface area (Å²) in [6, 6.07) is 11.1. The van der Waals surface area contributed by atoms with Gasteiger partial charge in [0.25, 0.3) is 0 Å². The molecule has 0 aliphatic rings. The third-order valence-electron chi connectivity index (χ3n) is 2.44. The first-order valence-corrected chi connectivity index (χ1v) is 6.19. The summed E-state index contributed by atoms with van der Waals surface area (Å²) in [6.45, 7) is 0.364. The zero-order chi connectivity index (χ0) is 13.0. The number of benzene rings is 1. The van der Waals surface area contributed by atoms with Gasteiger partial charge in [-0.15, -0.1) is 0 Å².